The number of carbonyl (C=O) groups excluding carboxylic acids is 1. The van der Waals surface area contributed by atoms with Crippen LogP contribution in [0.4, 0.5) is 4.79 Å². The molecule has 0 bridgehead atoms. The SMILES string of the molecule is Cn1nccc1CNC(=O)NC[C@H]1C[C@@]12CCCc1ccccc12. The van der Waals surface area contributed by atoms with E-state index in [1.165, 1.54) is 36.8 Å². The molecule has 0 aliphatic heterocycles. The summed E-state index contributed by atoms with van der Waals surface area (Å²) >= 11 is 0. The number of fused-ring (bicyclic) bond motifs is 2. The smallest absolute Gasteiger partial charge is 0.315 e. The van der Waals surface area contributed by atoms with Gasteiger partial charge in [-0.3, -0.25) is 4.68 Å². The van der Waals surface area contributed by atoms with Gasteiger partial charge in [0.1, 0.15) is 0 Å². The second-order valence-corrected chi connectivity index (χ2v) is 7.08. The van der Waals surface area contributed by atoms with E-state index in [-0.39, 0.29) is 6.03 Å². The molecule has 0 saturated heterocycles. The summed E-state index contributed by atoms with van der Waals surface area (Å²) in [6.07, 6.45) is 6.66. The highest BCUT2D eigenvalue weighted by atomic mass is 16.2. The van der Waals surface area contributed by atoms with Gasteiger partial charge in [0.15, 0.2) is 0 Å². The van der Waals surface area contributed by atoms with Crippen LogP contribution in [-0.2, 0) is 25.4 Å². The predicted octanol–water partition coefficient (Wildman–Crippen LogP) is 2.51. The maximum atomic E-state index is 12.0. The highest BCUT2D eigenvalue weighted by molar-refractivity contribution is 5.73. The zero-order valence-corrected chi connectivity index (χ0v) is 14.1. The fourth-order valence-electron chi connectivity index (χ4n) is 4.26. The maximum absolute atomic E-state index is 12.0. The second kappa shape index (κ2) is 5.96. The van der Waals surface area contributed by atoms with Crippen molar-refractivity contribution in [3.8, 4) is 0 Å². The number of carbonyl (C=O) groups is 1. The molecule has 1 heterocycles. The Balaban J connectivity index is 1.31. The van der Waals surface area contributed by atoms with E-state index in [2.05, 4.69) is 40.0 Å². The Hall–Kier alpha value is -2.30. The van der Waals surface area contributed by atoms with Gasteiger partial charge in [-0.05, 0) is 48.8 Å². The van der Waals surface area contributed by atoms with Crippen molar-refractivity contribution < 1.29 is 4.79 Å². The van der Waals surface area contributed by atoms with E-state index in [1.54, 1.807) is 10.9 Å². The van der Waals surface area contributed by atoms with Gasteiger partial charge in [-0.1, -0.05) is 24.3 Å². The maximum Gasteiger partial charge on any atom is 0.315 e. The fourth-order valence-corrected chi connectivity index (χ4v) is 4.26. The molecule has 24 heavy (non-hydrogen) atoms. The van der Waals surface area contributed by atoms with Crippen molar-refractivity contribution in [2.45, 2.75) is 37.6 Å². The molecule has 5 heteroatoms. The summed E-state index contributed by atoms with van der Waals surface area (Å²) in [5, 5.41) is 10.1. The van der Waals surface area contributed by atoms with Crippen molar-refractivity contribution >= 4 is 6.03 Å². The van der Waals surface area contributed by atoms with Gasteiger partial charge in [0.05, 0.1) is 12.2 Å². The Labute approximate surface area is 142 Å². The molecule has 2 N–H and O–H groups in total. The lowest BCUT2D eigenvalue weighted by Crippen LogP contribution is -2.37. The van der Waals surface area contributed by atoms with E-state index >= 15 is 0 Å². The Morgan fingerprint density at radius 1 is 1.33 bits per heavy atom. The van der Waals surface area contributed by atoms with Crippen LogP contribution < -0.4 is 10.6 Å². The van der Waals surface area contributed by atoms with E-state index in [0.717, 1.165) is 12.2 Å². The molecular formula is C19H24N4O. The number of aromatic nitrogens is 2. The van der Waals surface area contributed by atoms with Crippen LogP contribution in [-0.4, -0.2) is 22.4 Å². The quantitative estimate of drug-likeness (QED) is 0.908. The highest BCUT2D eigenvalue weighted by Crippen LogP contribution is 2.59. The molecule has 2 aromatic rings. The Morgan fingerprint density at radius 2 is 2.21 bits per heavy atom. The third-order valence-corrected chi connectivity index (χ3v) is 5.72. The average molecular weight is 324 g/mol. The number of urea groups is 1. The lowest BCUT2D eigenvalue weighted by molar-refractivity contribution is 0.239. The number of nitrogens with zero attached hydrogens (tertiary/aromatic N) is 2. The van der Waals surface area contributed by atoms with Crippen LogP contribution in [0.5, 0.6) is 0 Å². The lowest BCUT2D eigenvalue weighted by atomic mass is 9.78. The normalized spacial score (nSPS) is 24.5. The first-order valence-corrected chi connectivity index (χ1v) is 8.76. The summed E-state index contributed by atoms with van der Waals surface area (Å²) in [5.74, 6) is 0.571. The topological polar surface area (TPSA) is 59.0 Å². The van der Waals surface area contributed by atoms with E-state index in [9.17, 15) is 4.79 Å². The van der Waals surface area contributed by atoms with Gasteiger partial charge >= 0.3 is 6.03 Å². The van der Waals surface area contributed by atoms with Gasteiger partial charge < -0.3 is 10.6 Å². The molecule has 5 nitrogen and oxygen atoms in total. The monoisotopic (exact) mass is 324 g/mol. The third-order valence-electron chi connectivity index (χ3n) is 5.72. The van der Waals surface area contributed by atoms with Gasteiger partial charge in [0.2, 0.25) is 0 Å². The first-order chi connectivity index (χ1) is 11.7. The predicted molar refractivity (Wildman–Crippen MR) is 92.6 cm³/mol. The van der Waals surface area contributed by atoms with Crippen molar-refractivity contribution in [1.82, 2.24) is 20.4 Å². The van der Waals surface area contributed by atoms with Gasteiger partial charge in [-0.2, -0.15) is 5.10 Å². The van der Waals surface area contributed by atoms with E-state index in [4.69, 9.17) is 0 Å². The minimum Gasteiger partial charge on any atom is -0.338 e. The average Bonchev–Trinajstić information content (AvgIpc) is 3.12. The summed E-state index contributed by atoms with van der Waals surface area (Å²) in [6.45, 7) is 1.26. The summed E-state index contributed by atoms with van der Waals surface area (Å²) in [7, 11) is 1.88. The number of rotatable bonds is 4. The first kappa shape index (κ1) is 15.2. The number of benzene rings is 1. The second-order valence-electron chi connectivity index (χ2n) is 7.08. The Morgan fingerprint density at radius 3 is 3.04 bits per heavy atom. The number of amides is 2. The molecule has 1 aromatic heterocycles. The first-order valence-electron chi connectivity index (χ1n) is 8.76. The minimum atomic E-state index is -0.0951. The van der Waals surface area contributed by atoms with Crippen LogP contribution in [0.1, 0.15) is 36.1 Å². The zero-order valence-electron chi connectivity index (χ0n) is 14.1. The molecule has 1 spiro atoms. The number of hydrogen-bond donors (Lipinski definition) is 2. The minimum absolute atomic E-state index is 0.0951. The highest BCUT2D eigenvalue weighted by Gasteiger charge is 2.56. The molecule has 4 rings (SSSR count). The molecule has 2 amide bonds. The zero-order chi connectivity index (χ0) is 16.6. The summed E-state index contributed by atoms with van der Waals surface area (Å²) < 4.78 is 1.77. The van der Waals surface area contributed by atoms with Crippen LogP contribution in [0.25, 0.3) is 0 Å². The summed E-state index contributed by atoms with van der Waals surface area (Å²) in [5.41, 5.74) is 4.35. The van der Waals surface area contributed by atoms with Crippen molar-refractivity contribution in [3.05, 3.63) is 53.3 Å². The fraction of sp³-hybridized carbons (Fsp3) is 0.474. The molecular weight excluding hydrogens is 300 g/mol. The van der Waals surface area contributed by atoms with Gasteiger partial charge in [-0.15, -0.1) is 0 Å². The van der Waals surface area contributed by atoms with E-state index < -0.39 is 0 Å². The van der Waals surface area contributed by atoms with Crippen LogP contribution >= 0.6 is 0 Å². The third kappa shape index (κ3) is 2.68. The molecule has 2 aliphatic carbocycles. The van der Waals surface area contributed by atoms with Crippen LogP contribution in [0, 0.1) is 5.92 Å². The van der Waals surface area contributed by atoms with Crippen molar-refractivity contribution in [3.63, 3.8) is 0 Å². The molecule has 0 radical (unpaired) electrons. The van der Waals surface area contributed by atoms with Gasteiger partial charge in [0, 0.05) is 25.2 Å². The molecule has 2 atom stereocenters. The largest absolute Gasteiger partial charge is 0.338 e. The van der Waals surface area contributed by atoms with Gasteiger partial charge in [-0.25, -0.2) is 4.79 Å². The van der Waals surface area contributed by atoms with E-state index in [1.807, 2.05) is 13.1 Å². The standard InChI is InChI=1S/C19H24N4O/c1-23-16(8-10-22-23)13-21-18(24)20-12-15-11-19(15)9-4-6-14-5-2-3-7-17(14)19/h2-3,5,7-8,10,15H,4,6,9,11-13H2,1H3,(H2,20,21,24)/t15-,19+/m1/s1. The van der Waals surface area contributed by atoms with Crippen molar-refractivity contribution in [2.75, 3.05) is 6.54 Å². The van der Waals surface area contributed by atoms with Crippen LogP contribution in [0.2, 0.25) is 0 Å². The summed E-state index contributed by atoms with van der Waals surface area (Å²) in [6, 6.07) is 10.7. The molecule has 1 aromatic carbocycles. The van der Waals surface area contributed by atoms with E-state index in [0.29, 0.717) is 17.9 Å². The molecule has 0 unspecified atom stereocenters. The Bertz CT molecular complexity index is 753. The van der Waals surface area contributed by atoms with Crippen molar-refractivity contribution in [1.29, 1.82) is 0 Å². The summed E-state index contributed by atoms with van der Waals surface area (Å²) in [4.78, 5) is 12.0. The van der Waals surface area contributed by atoms with Crippen molar-refractivity contribution in [2.24, 2.45) is 13.0 Å². The van der Waals surface area contributed by atoms with Crippen LogP contribution in [0.15, 0.2) is 36.5 Å². The lowest BCUT2D eigenvalue weighted by Gasteiger charge is -2.26. The number of aryl methyl sites for hydroxylation is 2. The molecule has 1 fully saturated rings. The van der Waals surface area contributed by atoms with Gasteiger partial charge in [0.25, 0.3) is 0 Å². The molecule has 2 aliphatic rings. The van der Waals surface area contributed by atoms with Crippen LogP contribution in [0.3, 0.4) is 0 Å². The number of nitrogens with one attached hydrogen (secondary N) is 2. The molecule has 126 valence electrons. The Kier molecular flexibility index (Phi) is 3.79. The number of hydrogen-bond acceptors (Lipinski definition) is 2. The molecule has 1 saturated carbocycles.